The first-order valence-electron chi connectivity index (χ1n) is 4.93. The Morgan fingerprint density at radius 2 is 2.06 bits per heavy atom. The van der Waals surface area contributed by atoms with E-state index in [4.69, 9.17) is 4.74 Å². The van der Waals surface area contributed by atoms with Crippen molar-refractivity contribution in [1.82, 2.24) is 4.57 Å². The van der Waals surface area contributed by atoms with Gasteiger partial charge in [0.1, 0.15) is 11.7 Å². The molecule has 0 spiro atoms. The first-order chi connectivity index (χ1) is 8.04. The maximum Gasteiger partial charge on any atom is 0.210 e. The number of hydrogen-bond acceptors (Lipinski definition) is 4. The molecule has 0 saturated carbocycles. The largest absolute Gasteiger partial charge is 0.541 e. The van der Waals surface area contributed by atoms with Crippen LogP contribution in [-0.2, 0) is 11.8 Å². The van der Waals surface area contributed by atoms with Gasteiger partial charge in [0.25, 0.3) is 0 Å². The number of carboxylic acids is 1. The van der Waals surface area contributed by atoms with Gasteiger partial charge < -0.3 is 19.2 Å². The third kappa shape index (κ3) is 1.75. The quantitative estimate of drug-likeness (QED) is 0.556. The fourth-order valence-electron chi connectivity index (χ4n) is 1.78. The Morgan fingerprint density at radius 1 is 1.35 bits per heavy atom. The Labute approximate surface area is 97.2 Å². The molecule has 0 aliphatic carbocycles. The number of aromatic nitrogens is 1. The van der Waals surface area contributed by atoms with E-state index in [1.807, 2.05) is 0 Å². The summed E-state index contributed by atoms with van der Waals surface area (Å²) in [5.74, 6) is -2.07. The van der Waals surface area contributed by atoms with Gasteiger partial charge in [-0.3, -0.25) is 4.79 Å². The second-order valence-corrected chi connectivity index (χ2v) is 3.65. The molecule has 88 valence electrons. The third-order valence-electron chi connectivity index (χ3n) is 2.63. The van der Waals surface area contributed by atoms with Crippen LogP contribution in [0.5, 0.6) is 5.75 Å². The molecule has 0 bridgehead atoms. The van der Waals surface area contributed by atoms with Crippen molar-refractivity contribution < 1.29 is 19.4 Å². The van der Waals surface area contributed by atoms with E-state index < -0.39 is 11.8 Å². The molecule has 5 nitrogen and oxygen atoms in total. The van der Waals surface area contributed by atoms with Crippen LogP contribution in [0.4, 0.5) is 0 Å². The molecule has 0 radical (unpaired) electrons. The molecule has 2 rings (SSSR count). The van der Waals surface area contributed by atoms with Crippen molar-refractivity contribution in [2.75, 3.05) is 7.11 Å². The number of Topliss-reactive ketones (excluding diaryl/α,β-unsaturated/α-hetero) is 1. The van der Waals surface area contributed by atoms with Crippen molar-refractivity contribution in [3.8, 4) is 5.75 Å². The molecule has 0 unspecified atom stereocenters. The molecule has 0 aliphatic heterocycles. The summed E-state index contributed by atoms with van der Waals surface area (Å²) in [5, 5.41) is 11.2. The van der Waals surface area contributed by atoms with Gasteiger partial charge >= 0.3 is 0 Å². The fourth-order valence-corrected chi connectivity index (χ4v) is 1.78. The van der Waals surface area contributed by atoms with Gasteiger partial charge in [0.05, 0.1) is 12.6 Å². The minimum Gasteiger partial charge on any atom is -0.541 e. The van der Waals surface area contributed by atoms with Gasteiger partial charge in [-0.1, -0.05) is 0 Å². The minimum absolute atomic E-state index is 0.130. The van der Waals surface area contributed by atoms with Gasteiger partial charge in [0, 0.05) is 30.3 Å². The number of aryl methyl sites for hydroxylation is 1. The number of ether oxygens (including phenoxy) is 1. The molecule has 0 fully saturated rings. The normalized spacial score (nSPS) is 10.5. The number of carboxylic acid groups (broad SMARTS) is 1. The van der Waals surface area contributed by atoms with Gasteiger partial charge in [-0.2, -0.15) is 0 Å². The van der Waals surface area contributed by atoms with Crippen LogP contribution < -0.4 is 9.84 Å². The molecule has 0 atom stereocenters. The second-order valence-electron chi connectivity index (χ2n) is 3.65. The van der Waals surface area contributed by atoms with E-state index in [-0.39, 0.29) is 5.56 Å². The number of rotatable bonds is 3. The Balaban J connectivity index is 2.68. The van der Waals surface area contributed by atoms with Crippen LogP contribution >= 0.6 is 0 Å². The Kier molecular flexibility index (Phi) is 2.59. The van der Waals surface area contributed by atoms with E-state index in [1.54, 1.807) is 29.8 Å². The highest BCUT2D eigenvalue weighted by molar-refractivity contribution is 6.41. The molecule has 2 aromatic rings. The summed E-state index contributed by atoms with van der Waals surface area (Å²) < 4.78 is 6.74. The van der Waals surface area contributed by atoms with Gasteiger partial charge in [0.2, 0.25) is 5.78 Å². The predicted octanol–water partition coefficient (Wildman–Crippen LogP) is 0.119. The molecule has 0 amide bonds. The van der Waals surface area contributed by atoms with Crippen LogP contribution in [-0.4, -0.2) is 23.4 Å². The zero-order chi connectivity index (χ0) is 12.6. The molecule has 5 heteroatoms. The number of carbonyl (C=O) groups excluding carboxylic acids is 2. The molecule has 1 aromatic carbocycles. The van der Waals surface area contributed by atoms with Crippen molar-refractivity contribution in [3.05, 3.63) is 30.0 Å². The average Bonchev–Trinajstić information content (AvgIpc) is 2.65. The van der Waals surface area contributed by atoms with Crippen LogP contribution in [0.15, 0.2) is 24.4 Å². The smallest absolute Gasteiger partial charge is 0.210 e. The Hall–Kier alpha value is -2.30. The van der Waals surface area contributed by atoms with Gasteiger partial charge in [-0.25, -0.2) is 0 Å². The van der Waals surface area contributed by atoms with Crippen molar-refractivity contribution in [2.24, 2.45) is 7.05 Å². The number of benzene rings is 1. The molecule has 1 heterocycles. The SMILES string of the molecule is COc1ccc2c(C(=O)C(=O)[O-])cn(C)c2c1. The molecule has 17 heavy (non-hydrogen) atoms. The fraction of sp³-hybridized carbons (Fsp3) is 0.167. The van der Waals surface area contributed by atoms with E-state index in [0.29, 0.717) is 11.1 Å². The molecule has 1 aromatic heterocycles. The number of fused-ring (bicyclic) bond motifs is 1. The summed E-state index contributed by atoms with van der Waals surface area (Å²) in [4.78, 5) is 22.0. The van der Waals surface area contributed by atoms with Crippen LogP contribution in [0.2, 0.25) is 0 Å². The highest BCUT2D eigenvalue weighted by Crippen LogP contribution is 2.25. The van der Waals surface area contributed by atoms with Crippen LogP contribution in [0.3, 0.4) is 0 Å². The highest BCUT2D eigenvalue weighted by atomic mass is 16.5. The molecular formula is C12H10NO4-. The van der Waals surface area contributed by atoms with E-state index in [0.717, 1.165) is 5.52 Å². The summed E-state index contributed by atoms with van der Waals surface area (Å²) in [5.41, 5.74) is 0.860. The predicted molar refractivity (Wildman–Crippen MR) is 58.8 cm³/mol. The standard InChI is InChI=1S/C12H11NO4/c1-13-6-9(11(14)12(15)16)8-4-3-7(17-2)5-10(8)13/h3-6H,1-2H3,(H,15,16)/p-1. The van der Waals surface area contributed by atoms with Crippen LogP contribution in [0.1, 0.15) is 10.4 Å². The Morgan fingerprint density at radius 3 is 2.65 bits per heavy atom. The molecule has 0 aliphatic rings. The van der Waals surface area contributed by atoms with Crippen molar-refractivity contribution in [3.63, 3.8) is 0 Å². The lowest BCUT2D eigenvalue weighted by atomic mass is 10.1. The summed E-state index contributed by atoms with van der Waals surface area (Å²) in [7, 11) is 3.27. The van der Waals surface area contributed by atoms with E-state index in [1.165, 1.54) is 13.3 Å². The highest BCUT2D eigenvalue weighted by Gasteiger charge is 2.14. The zero-order valence-corrected chi connectivity index (χ0v) is 9.39. The summed E-state index contributed by atoms with van der Waals surface area (Å²) >= 11 is 0. The number of carbonyl (C=O) groups is 2. The minimum atomic E-state index is -1.70. The molecule has 0 saturated heterocycles. The second kappa shape index (κ2) is 3.93. The third-order valence-corrected chi connectivity index (χ3v) is 2.63. The monoisotopic (exact) mass is 232 g/mol. The maximum atomic E-state index is 11.4. The maximum absolute atomic E-state index is 11.4. The number of ketones is 1. The molecule has 0 N–H and O–H groups in total. The van der Waals surface area contributed by atoms with Crippen molar-refractivity contribution in [2.45, 2.75) is 0 Å². The number of aliphatic carboxylic acids is 1. The van der Waals surface area contributed by atoms with Gasteiger partial charge in [0.15, 0.2) is 0 Å². The first-order valence-corrected chi connectivity index (χ1v) is 4.93. The molecular weight excluding hydrogens is 222 g/mol. The number of hydrogen-bond donors (Lipinski definition) is 0. The summed E-state index contributed by atoms with van der Waals surface area (Å²) in [6.45, 7) is 0. The van der Waals surface area contributed by atoms with Crippen LogP contribution in [0.25, 0.3) is 10.9 Å². The van der Waals surface area contributed by atoms with E-state index >= 15 is 0 Å². The van der Waals surface area contributed by atoms with Crippen molar-refractivity contribution >= 4 is 22.7 Å². The lowest BCUT2D eigenvalue weighted by molar-refractivity contribution is -0.296. The Bertz CT molecular complexity index is 612. The first kappa shape index (κ1) is 11.2. The van der Waals surface area contributed by atoms with Gasteiger partial charge in [-0.05, 0) is 12.1 Å². The van der Waals surface area contributed by atoms with E-state index in [2.05, 4.69) is 0 Å². The lowest BCUT2D eigenvalue weighted by Gasteiger charge is -2.02. The van der Waals surface area contributed by atoms with Crippen LogP contribution in [0, 0.1) is 0 Å². The average molecular weight is 232 g/mol. The van der Waals surface area contributed by atoms with Crippen molar-refractivity contribution in [1.29, 1.82) is 0 Å². The van der Waals surface area contributed by atoms with Gasteiger partial charge in [-0.15, -0.1) is 0 Å². The summed E-state index contributed by atoms with van der Waals surface area (Å²) in [6.07, 6.45) is 1.47. The van der Waals surface area contributed by atoms with E-state index in [9.17, 15) is 14.7 Å². The number of methoxy groups -OCH3 is 1. The lowest BCUT2D eigenvalue weighted by Crippen LogP contribution is -2.31. The zero-order valence-electron chi connectivity index (χ0n) is 9.39. The summed E-state index contributed by atoms with van der Waals surface area (Å²) in [6, 6.07) is 5.07. The topological polar surface area (TPSA) is 71.4 Å². The number of nitrogens with zero attached hydrogens (tertiary/aromatic N) is 1.